The lowest BCUT2D eigenvalue weighted by atomic mass is 9.98. The number of amides is 1. The van der Waals surface area contributed by atoms with Crippen LogP contribution in [0.2, 0.25) is 0 Å². The van der Waals surface area contributed by atoms with Gasteiger partial charge in [-0.25, -0.2) is 0 Å². The molecule has 11 heteroatoms. The smallest absolute Gasteiger partial charge is 0.269 e. The summed E-state index contributed by atoms with van der Waals surface area (Å²) in [5, 5.41) is 28.5. The molecule has 1 amide bonds. The molecule has 0 fully saturated rings. The number of nitrogens with one attached hydrogen (secondary N) is 2. The zero-order chi connectivity index (χ0) is 23.7. The number of hydrogen-bond donors (Lipinski definition) is 2. The number of carbonyl (C=O) groups excluding carboxylic acids is 2. The summed E-state index contributed by atoms with van der Waals surface area (Å²) in [5.41, 5.74) is 4.95. The number of aromatic nitrogens is 5. The molecule has 0 saturated heterocycles. The normalized spacial score (nSPS) is 13.1. The Hall–Kier alpha value is -4.41. The van der Waals surface area contributed by atoms with Crippen molar-refractivity contribution in [3.05, 3.63) is 80.7 Å². The number of nitrogens with zero attached hydrogens (tertiary/aromatic N) is 5. The van der Waals surface area contributed by atoms with Crippen LogP contribution in [0.1, 0.15) is 50.5 Å². The SMILES string of the molecule is O=C(CCCc1ccc([N+](=O)[O-])cc1)c1n[nH]c2c1CCN(C(=O)c1ccc3n[nH]nc3c1)C2. The van der Waals surface area contributed by atoms with Gasteiger partial charge in [0.1, 0.15) is 16.7 Å². The van der Waals surface area contributed by atoms with E-state index in [1.54, 1.807) is 35.2 Å². The number of ketones is 1. The lowest BCUT2D eigenvalue weighted by Crippen LogP contribution is -2.36. The second-order valence-corrected chi connectivity index (χ2v) is 8.23. The standard InChI is InChI=1S/C23H21N7O4/c31-21(3-1-2-14-4-7-16(8-5-14)30(33)34)22-17-10-11-29(13-20(17)24-27-22)23(32)15-6-9-18-19(12-15)26-28-25-18/h4-9,12H,1-3,10-11,13H2,(H,24,27)(H,25,26,28). The van der Waals surface area contributed by atoms with Crippen molar-refractivity contribution < 1.29 is 14.5 Å². The maximum atomic E-state index is 13.0. The zero-order valence-corrected chi connectivity index (χ0v) is 18.2. The average Bonchev–Trinajstić information content (AvgIpc) is 3.50. The van der Waals surface area contributed by atoms with Crippen LogP contribution in [0.3, 0.4) is 0 Å². The summed E-state index contributed by atoms with van der Waals surface area (Å²) in [7, 11) is 0. The number of H-pyrrole nitrogens is 2. The van der Waals surface area contributed by atoms with Gasteiger partial charge in [-0.3, -0.25) is 24.8 Å². The molecule has 5 rings (SSSR count). The molecule has 2 N–H and O–H groups in total. The Bertz CT molecular complexity index is 1390. The Labute approximate surface area is 193 Å². The molecule has 0 aliphatic carbocycles. The van der Waals surface area contributed by atoms with Gasteiger partial charge in [0.2, 0.25) is 0 Å². The number of benzene rings is 2. The highest BCUT2D eigenvalue weighted by molar-refractivity contribution is 5.98. The molecule has 11 nitrogen and oxygen atoms in total. The van der Waals surface area contributed by atoms with Crippen molar-refractivity contribution in [3.8, 4) is 0 Å². The number of rotatable bonds is 7. The molecule has 3 heterocycles. The van der Waals surface area contributed by atoms with Crippen molar-refractivity contribution in [2.45, 2.75) is 32.2 Å². The van der Waals surface area contributed by atoms with Crippen molar-refractivity contribution in [3.63, 3.8) is 0 Å². The van der Waals surface area contributed by atoms with Crippen molar-refractivity contribution >= 4 is 28.4 Å². The van der Waals surface area contributed by atoms with E-state index in [9.17, 15) is 19.7 Å². The summed E-state index contributed by atoms with van der Waals surface area (Å²) in [6.45, 7) is 0.847. The van der Waals surface area contributed by atoms with Crippen molar-refractivity contribution in [2.75, 3.05) is 6.54 Å². The maximum Gasteiger partial charge on any atom is 0.269 e. The van der Waals surface area contributed by atoms with Crippen LogP contribution in [0, 0.1) is 10.1 Å². The summed E-state index contributed by atoms with van der Waals surface area (Å²) in [5.74, 6) is -0.156. The summed E-state index contributed by atoms with van der Waals surface area (Å²) in [6.07, 6.45) is 2.14. The summed E-state index contributed by atoms with van der Waals surface area (Å²) in [6, 6.07) is 11.6. The second kappa shape index (κ2) is 8.85. The van der Waals surface area contributed by atoms with E-state index in [4.69, 9.17) is 0 Å². The monoisotopic (exact) mass is 459 g/mol. The second-order valence-electron chi connectivity index (χ2n) is 8.23. The van der Waals surface area contributed by atoms with Gasteiger partial charge in [0.05, 0.1) is 17.2 Å². The minimum Gasteiger partial charge on any atom is -0.332 e. The summed E-state index contributed by atoms with van der Waals surface area (Å²) >= 11 is 0. The van der Waals surface area contributed by atoms with E-state index in [1.165, 1.54) is 12.1 Å². The number of aryl methyl sites for hydroxylation is 1. The fourth-order valence-electron chi connectivity index (χ4n) is 4.23. The van der Waals surface area contributed by atoms with Crippen molar-refractivity contribution in [1.82, 2.24) is 30.5 Å². The van der Waals surface area contributed by atoms with Gasteiger partial charge in [-0.05, 0) is 43.0 Å². The Morgan fingerprint density at radius 1 is 1.06 bits per heavy atom. The molecule has 0 saturated carbocycles. The van der Waals surface area contributed by atoms with Gasteiger partial charge in [-0.2, -0.15) is 20.5 Å². The third-order valence-corrected chi connectivity index (χ3v) is 6.06. The number of Topliss-reactive ketones (excluding diaryl/α,β-unsaturated/α-hetero) is 1. The molecular formula is C23H21N7O4. The molecule has 34 heavy (non-hydrogen) atoms. The number of aromatic amines is 2. The number of carbonyl (C=O) groups is 2. The average molecular weight is 459 g/mol. The van der Waals surface area contributed by atoms with E-state index in [2.05, 4.69) is 25.6 Å². The predicted molar refractivity (Wildman–Crippen MR) is 121 cm³/mol. The predicted octanol–water partition coefficient (Wildman–Crippen LogP) is 2.99. The van der Waals surface area contributed by atoms with E-state index in [-0.39, 0.29) is 17.4 Å². The molecule has 2 aromatic carbocycles. The first kappa shape index (κ1) is 21.4. The Kier molecular flexibility index (Phi) is 5.58. The van der Waals surface area contributed by atoms with Gasteiger partial charge in [-0.15, -0.1) is 0 Å². The third kappa shape index (κ3) is 4.15. The molecular weight excluding hydrogens is 438 g/mol. The van der Waals surface area contributed by atoms with Crippen LogP contribution in [0.25, 0.3) is 11.0 Å². The molecule has 1 aliphatic heterocycles. The van der Waals surface area contributed by atoms with Crippen LogP contribution < -0.4 is 0 Å². The Morgan fingerprint density at radius 2 is 1.85 bits per heavy atom. The van der Waals surface area contributed by atoms with E-state index in [0.717, 1.165) is 16.8 Å². The highest BCUT2D eigenvalue weighted by atomic mass is 16.6. The molecule has 0 bridgehead atoms. The lowest BCUT2D eigenvalue weighted by Gasteiger charge is -2.27. The van der Waals surface area contributed by atoms with E-state index in [1.807, 2.05) is 0 Å². The molecule has 0 spiro atoms. The summed E-state index contributed by atoms with van der Waals surface area (Å²) in [4.78, 5) is 37.8. The quantitative estimate of drug-likeness (QED) is 0.245. The molecule has 1 aliphatic rings. The number of non-ortho nitro benzene ring substituents is 1. The van der Waals surface area contributed by atoms with Crippen LogP contribution in [0.15, 0.2) is 42.5 Å². The number of nitro benzene ring substituents is 1. The molecule has 2 aromatic heterocycles. The number of nitro groups is 1. The van der Waals surface area contributed by atoms with Crippen LogP contribution in [0.5, 0.6) is 0 Å². The van der Waals surface area contributed by atoms with Gasteiger partial charge >= 0.3 is 0 Å². The topological polar surface area (TPSA) is 151 Å². The van der Waals surface area contributed by atoms with Gasteiger partial charge < -0.3 is 4.90 Å². The van der Waals surface area contributed by atoms with Crippen molar-refractivity contribution in [2.24, 2.45) is 0 Å². The fraction of sp³-hybridized carbons (Fsp3) is 0.261. The van der Waals surface area contributed by atoms with Gasteiger partial charge in [-0.1, -0.05) is 12.1 Å². The maximum absolute atomic E-state index is 13.0. The van der Waals surface area contributed by atoms with Crippen LogP contribution in [-0.4, -0.2) is 53.7 Å². The lowest BCUT2D eigenvalue weighted by molar-refractivity contribution is -0.384. The Morgan fingerprint density at radius 3 is 2.65 bits per heavy atom. The minimum absolute atomic E-state index is 0.0457. The first-order valence-corrected chi connectivity index (χ1v) is 10.9. The van der Waals surface area contributed by atoms with Gasteiger partial charge in [0.25, 0.3) is 11.6 Å². The highest BCUT2D eigenvalue weighted by Gasteiger charge is 2.28. The van der Waals surface area contributed by atoms with E-state index >= 15 is 0 Å². The molecule has 172 valence electrons. The van der Waals surface area contributed by atoms with Crippen LogP contribution >= 0.6 is 0 Å². The van der Waals surface area contributed by atoms with Gasteiger partial charge in [0, 0.05) is 36.2 Å². The first-order valence-electron chi connectivity index (χ1n) is 10.9. The fourth-order valence-corrected chi connectivity index (χ4v) is 4.23. The highest BCUT2D eigenvalue weighted by Crippen LogP contribution is 2.24. The molecule has 0 radical (unpaired) electrons. The Balaban J connectivity index is 1.20. The molecule has 0 unspecified atom stereocenters. The largest absolute Gasteiger partial charge is 0.332 e. The first-order chi connectivity index (χ1) is 16.5. The number of hydrogen-bond acceptors (Lipinski definition) is 7. The van der Waals surface area contributed by atoms with E-state index in [0.29, 0.717) is 61.1 Å². The van der Waals surface area contributed by atoms with Gasteiger partial charge in [0.15, 0.2) is 5.78 Å². The zero-order valence-electron chi connectivity index (χ0n) is 18.2. The van der Waals surface area contributed by atoms with Crippen LogP contribution in [-0.2, 0) is 19.4 Å². The van der Waals surface area contributed by atoms with Crippen LogP contribution in [0.4, 0.5) is 5.69 Å². The van der Waals surface area contributed by atoms with Crippen molar-refractivity contribution in [1.29, 1.82) is 0 Å². The molecule has 4 aromatic rings. The third-order valence-electron chi connectivity index (χ3n) is 6.06. The van der Waals surface area contributed by atoms with E-state index < -0.39 is 4.92 Å². The minimum atomic E-state index is -0.433. The number of fused-ring (bicyclic) bond motifs is 2. The summed E-state index contributed by atoms with van der Waals surface area (Å²) < 4.78 is 0. The molecule has 0 atom stereocenters.